The molecule has 0 atom stereocenters. The summed E-state index contributed by atoms with van der Waals surface area (Å²) in [5, 5.41) is 12.2. The Balaban J connectivity index is 1.59. The summed E-state index contributed by atoms with van der Waals surface area (Å²) in [6.07, 6.45) is 3.28. The van der Waals surface area contributed by atoms with Crippen LogP contribution in [0.15, 0.2) is 49.1 Å². The fraction of sp³-hybridized carbons (Fsp3) is 0.417. The van der Waals surface area contributed by atoms with Gasteiger partial charge in [0, 0.05) is 44.8 Å². The van der Waals surface area contributed by atoms with E-state index in [9.17, 15) is 9.59 Å². The second-order valence-corrected chi connectivity index (χ2v) is 8.29. The van der Waals surface area contributed by atoms with Crippen molar-refractivity contribution >= 4 is 29.4 Å². The zero-order valence-corrected chi connectivity index (χ0v) is 19.8. The lowest BCUT2D eigenvalue weighted by Crippen LogP contribution is -2.47. The minimum absolute atomic E-state index is 0.0356. The first-order valence-corrected chi connectivity index (χ1v) is 11.7. The lowest BCUT2D eigenvalue weighted by Gasteiger charge is -2.26. The highest BCUT2D eigenvalue weighted by Gasteiger charge is 2.23. The van der Waals surface area contributed by atoms with Crippen LogP contribution in [0.1, 0.15) is 19.8 Å². The molecule has 0 aliphatic carbocycles. The highest BCUT2D eigenvalue weighted by atomic mass is 35.5. The summed E-state index contributed by atoms with van der Waals surface area (Å²) in [5.41, 5.74) is 1.57. The molecule has 2 aromatic rings. The summed E-state index contributed by atoms with van der Waals surface area (Å²) in [7, 11) is 0. The molecule has 1 aromatic heterocycles. The maximum Gasteiger partial charge on any atom is 0.318 e. The average Bonchev–Trinajstić information content (AvgIpc) is 3.09. The van der Waals surface area contributed by atoms with Crippen LogP contribution < -0.4 is 10.2 Å². The molecule has 176 valence electrons. The number of anilines is 1. The number of carbonyl (C=O) groups is 2. The third-order valence-electron chi connectivity index (χ3n) is 5.46. The summed E-state index contributed by atoms with van der Waals surface area (Å²) in [4.78, 5) is 30.7. The molecule has 33 heavy (non-hydrogen) atoms. The number of benzene rings is 1. The van der Waals surface area contributed by atoms with E-state index in [0.29, 0.717) is 37.7 Å². The zero-order chi connectivity index (χ0) is 23.6. The second kappa shape index (κ2) is 12.2. The first-order chi connectivity index (χ1) is 16.0. The van der Waals surface area contributed by atoms with Gasteiger partial charge in [0.2, 0.25) is 5.91 Å². The van der Waals surface area contributed by atoms with Gasteiger partial charge in [0.1, 0.15) is 6.54 Å². The van der Waals surface area contributed by atoms with Crippen LogP contribution in [0, 0.1) is 0 Å². The quantitative estimate of drug-likeness (QED) is 0.597. The first kappa shape index (κ1) is 24.5. The van der Waals surface area contributed by atoms with Gasteiger partial charge in [0.05, 0.1) is 10.7 Å². The van der Waals surface area contributed by atoms with Crippen LogP contribution in [0.25, 0.3) is 11.3 Å². The highest BCUT2D eigenvalue weighted by Crippen LogP contribution is 2.26. The number of rotatable bonds is 8. The molecule has 1 aromatic carbocycles. The largest absolute Gasteiger partial charge is 0.353 e. The molecule has 3 rings (SSSR count). The van der Waals surface area contributed by atoms with Gasteiger partial charge in [-0.3, -0.25) is 4.79 Å². The molecule has 0 saturated carbocycles. The van der Waals surface area contributed by atoms with Gasteiger partial charge in [-0.2, -0.15) is 0 Å². The highest BCUT2D eigenvalue weighted by molar-refractivity contribution is 6.33. The zero-order valence-electron chi connectivity index (χ0n) is 19.0. The Hall–Kier alpha value is -3.13. The average molecular weight is 471 g/mol. The van der Waals surface area contributed by atoms with Crippen molar-refractivity contribution in [3.8, 4) is 11.3 Å². The smallest absolute Gasteiger partial charge is 0.318 e. The molecule has 0 spiro atoms. The molecule has 3 amide bonds. The number of urea groups is 1. The van der Waals surface area contributed by atoms with Gasteiger partial charge in [-0.1, -0.05) is 42.8 Å². The molecule has 9 heteroatoms. The molecular weight excluding hydrogens is 440 g/mol. The van der Waals surface area contributed by atoms with E-state index in [1.807, 2.05) is 48.2 Å². The number of nitrogens with zero attached hydrogens (tertiary/aromatic N) is 5. The van der Waals surface area contributed by atoms with Crippen molar-refractivity contribution in [2.45, 2.75) is 19.8 Å². The Bertz CT molecular complexity index is 952. The van der Waals surface area contributed by atoms with Crippen LogP contribution in [0.5, 0.6) is 0 Å². The van der Waals surface area contributed by atoms with Gasteiger partial charge in [-0.25, -0.2) is 4.79 Å². The fourth-order valence-corrected chi connectivity index (χ4v) is 3.92. The van der Waals surface area contributed by atoms with Gasteiger partial charge in [0.25, 0.3) is 0 Å². The van der Waals surface area contributed by atoms with Crippen molar-refractivity contribution < 1.29 is 9.59 Å². The SMILES string of the molecule is C=CCN(CC(=O)N1CCCN(c2ccc(-c3ccccc3Cl)nn2)CC1)C(=O)NCCC. The summed E-state index contributed by atoms with van der Waals surface area (Å²) in [6, 6.07) is 11.2. The molecular formula is C24H31ClN6O2. The van der Waals surface area contributed by atoms with Crippen molar-refractivity contribution in [1.82, 2.24) is 25.3 Å². The number of hydrogen-bond donors (Lipinski definition) is 1. The van der Waals surface area contributed by atoms with Crippen LogP contribution in [0.2, 0.25) is 5.02 Å². The van der Waals surface area contributed by atoms with E-state index in [-0.39, 0.29) is 18.5 Å². The third kappa shape index (κ3) is 6.68. The maximum atomic E-state index is 12.9. The molecule has 0 radical (unpaired) electrons. The van der Waals surface area contributed by atoms with Crippen molar-refractivity contribution in [1.29, 1.82) is 0 Å². The summed E-state index contributed by atoms with van der Waals surface area (Å²) < 4.78 is 0. The van der Waals surface area contributed by atoms with E-state index in [1.54, 1.807) is 6.08 Å². The van der Waals surface area contributed by atoms with E-state index in [0.717, 1.165) is 36.5 Å². The Morgan fingerprint density at radius 2 is 1.97 bits per heavy atom. The molecule has 0 bridgehead atoms. The number of carbonyl (C=O) groups excluding carboxylic acids is 2. The Morgan fingerprint density at radius 3 is 2.67 bits per heavy atom. The minimum Gasteiger partial charge on any atom is -0.353 e. The summed E-state index contributed by atoms with van der Waals surface area (Å²) >= 11 is 6.27. The van der Waals surface area contributed by atoms with Gasteiger partial charge in [0.15, 0.2) is 5.82 Å². The molecule has 2 heterocycles. The topological polar surface area (TPSA) is 81.7 Å². The van der Waals surface area contributed by atoms with Gasteiger partial charge in [-0.15, -0.1) is 16.8 Å². The molecule has 8 nitrogen and oxygen atoms in total. The molecule has 1 saturated heterocycles. The predicted octanol–water partition coefficient (Wildman–Crippen LogP) is 3.44. The van der Waals surface area contributed by atoms with E-state index in [4.69, 9.17) is 11.6 Å². The van der Waals surface area contributed by atoms with Crippen molar-refractivity contribution in [2.24, 2.45) is 0 Å². The van der Waals surface area contributed by atoms with E-state index < -0.39 is 0 Å². The lowest BCUT2D eigenvalue weighted by molar-refractivity contribution is -0.131. The van der Waals surface area contributed by atoms with Gasteiger partial charge >= 0.3 is 6.03 Å². The number of aromatic nitrogens is 2. The van der Waals surface area contributed by atoms with Crippen LogP contribution in [0.3, 0.4) is 0 Å². The second-order valence-electron chi connectivity index (χ2n) is 7.88. The molecule has 1 aliphatic rings. The minimum atomic E-state index is -0.240. The van der Waals surface area contributed by atoms with E-state index >= 15 is 0 Å². The summed E-state index contributed by atoms with van der Waals surface area (Å²) in [6.45, 7) is 9.25. The monoisotopic (exact) mass is 470 g/mol. The van der Waals surface area contributed by atoms with Gasteiger partial charge in [-0.05, 0) is 31.0 Å². The van der Waals surface area contributed by atoms with Crippen molar-refractivity contribution in [3.63, 3.8) is 0 Å². The Labute approximate surface area is 200 Å². The van der Waals surface area contributed by atoms with E-state index in [1.165, 1.54) is 4.90 Å². The number of halogens is 1. The molecule has 0 unspecified atom stereocenters. The van der Waals surface area contributed by atoms with Crippen molar-refractivity contribution in [3.05, 3.63) is 54.1 Å². The predicted molar refractivity (Wildman–Crippen MR) is 131 cm³/mol. The summed E-state index contributed by atoms with van der Waals surface area (Å²) in [5.74, 6) is 0.706. The lowest BCUT2D eigenvalue weighted by atomic mass is 10.1. The standard InChI is InChI=1S/C24H31ClN6O2/c1-3-12-26-24(33)31(13-4-2)18-23(32)30-15-7-14-29(16-17-30)22-11-10-21(27-28-22)19-8-5-6-9-20(19)25/h4-6,8-11H,2-3,7,12-18H2,1H3,(H,26,33). The maximum absolute atomic E-state index is 12.9. The van der Waals surface area contributed by atoms with Crippen LogP contribution in [0.4, 0.5) is 10.6 Å². The Kier molecular flexibility index (Phi) is 9.06. The number of hydrogen-bond acceptors (Lipinski definition) is 5. The van der Waals surface area contributed by atoms with Crippen LogP contribution >= 0.6 is 11.6 Å². The number of nitrogens with one attached hydrogen (secondary N) is 1. The van der Waals surface area contributed by atoms with Gasteiger partial charge < -0.3 is 20.0 Å². The molecule has 1 N–H and O–H groups in total. The normalized spacial score (nSPS) is 13.9. The third-order valence-corrected chi connectivity index (χ3v) is 5.79. The molecule has 1 fully saturated rings. The van der Waals surface area contributed by atoms with E-state index in [2.05, 4.69) is 27.0 Å². The first-order valence-electron chi connectivity index (χ1n) is 11.3. The van der Waals surface area contributed by atoms with Crippen LogP contribution in [-0.2, 0) is 4.79 Å². The molecule has 1 aliphatic heterocycles. The van der Waals surface area contributed by atoms with Crippen molar-refractivity contribution in [2.75, 3.05) is 50.7 Å². The number of amides is 3. The Morgan fingerprint density at radius 1 is 1.15 bits per heavy atom. The van der Waals surface area contributed by atoms with Crippen LogP contribution in [-0.4, -0.2) is 77.7 Å². The fourth-order valence-electron chi connectivity index (χ4n) is 3.68.